The highest BCUT2D eigenvalue weighted by atomic mass is 16.2. The van der Waals surface area contributed by atoms with Crippen LogP contribution in [0, 0.1) is 0 Å². The Morgan fingerprint density at radius 1 is 0.923 bits per heavy atom. The minimum Gasteiger partial charge on any atom is -0.366 e. The molecular formula is C20H24N4O2. The van der Waals surface area contributed by atoms with E-state index in [0.717, 1.165) is 26.1 Å². The number of hydrogen-bond donors (Lipinski definition) is 2. The van der Waals surface area contributed by atoms with Crippen LogP contribution in [0.3, 0.4) is 0 Å². The van der Waals surface area contributed by atoms with E-state index < -0.39 is 5.91 Å². The van der Waals surface area contributed by atoms with Gasteiger partial charge in [-0.2, -0.15) is 0 Å². The fourth-order valence-electron chi connectivity index (χ4n) is 3.03. The second-order valence-corrected chi connectivity index (χ2v) is 6.44. The Balaban J connectivity index is 1.43. The summed E-state index contributed by atoms with van der Waals surface area (Å²) in [6.45, 7) is 4.18. The van der Waals surface area contributed by atoms with E-state index in [9.17, 15) is 9.59 Å². The van der Waals surface area contributed by atoms with Crippen molar-refractivity contribution in [2.75, 3.05) is 38.0 Å². The third-order valence-corrected chi connectivity index (χ3v) is 4.64. The van der Waals surface area contributed by atoms with Crippen LogP contribution >= 0.6 is 0 Å². The summed E-state index contributed by atoms with van der Waals surface area (Å²) in [7, 11) is 0. The van der Waals surface area contributed by atoms with E-state index in [2.05, 4.69) is 34.5 Å². The zero-order valence-corrected chi connectivity index (χ0v) is 14.7. The summed E-state index contributed by atoms with van der Waals surface area (Å²) in [5.74, 6) is -0.477. The highest BCUT2D eigenvalue weighted by Crippen LogP contribution is 2.12. The molecule has 0 radical (unpaired) electrons. The molecule has 0 aliphatic carbocycles. The topological polar surface area (TPSA) is 78.7 Å². The predicted molar refractivity (Wildman–Crippen MR) is 102 cm³/mol. The standard InChI is InChI=1S/C20H24N4O2/c21-19(25)17-6-8-18(9-7-17)22-20(26)24-14-12-23(13-15-24)11-10-16-4-2-1-3-5-16/h1-9H,10-15H2,(H2,21,25)(H,22,26). The molecule has 1 aliphatic rings. The number of primary amides is 1. The lowest BCUT2D eigenvalue weighted by Gasteiger charge is -2.34. The molecule has 0 atom stereocenters. The maximum atomic E-state index is 12.4. The molecule has 1 saturated heterocycles. The van der Waals surface area contributed by atoms with Crippen LogP contribution < -0.4 is 11.1 Å². The number of nitrogens with zero attached hydrogens (tertiary/aromatic N) is 2. The minimum atomic E-state index is -0.477. The summed E-state index contributed by atoms with van der Waals surface area (Å²) in [5, 5.41) is 2.87. The molecule has 6 heteroatoms. The number of amides is 3. The van der Waals surface area contributed by atoms with Crippen molar-refractivity contribution in [2.45, 2.75) is 6.42 Å². The Bertz CT molecular complexity index is 738. The Morgan fingerprint density at radius 2 is 1.58 bits per heavy atom. The molecule has 0 aromatic heterocycles. The molecule has 1 aliphatic heterocycles. The fraction of sp³-hybridized carbons (Fsp3) is 0.300. The first-order valence-corrected chi connectivity index (χ1v) is 8.84. The molecule has 0 spiro atoms. The normalized spacial score (nSPS) is 14.8. The average Bonchev–Trinajstić information content (AvgIpc) is 2.68. The van der Waals surface area contributed by atoms with E-state index >= 15 is 0 Å². The van der Waals surface area contributed by atoms with Crippen LogP contribution in [0.4, 0.5) is 10.5 Å². The van der Waals surface area contributed by atoms with Crippen LogP contribution in [0.25, 0.3) is 0 Å². The van der Waals surface area contributed by atoms with Crippen molar-refractivity contribution < 1.29 is 9.59 Å². The van der Waals surface area contributed by atoms with E-state index in [1.807, 2.05) is 11.0 Å². The summed E-state index contributed by atoms with van der Waals surface area (Å²) in [4.78, 5) is 27.7. The molecule has 26 heavy (non-hydrogen) atoms. The van der Waals surface area contributed by atoms with Crippen molar-refractivity contribution >= 4 is 17.6 Å². The van der Waals surface area contributed by atoms with Crippen molar-refractivity contribution in [3.63, 3.8) is 0 Å². The van der Waals surface area contributed by atoms with Crippen LogP contribution in [0.15, 0.2) is 54.6 Å². The monoisotopic (exact) mass is 352 g/mol. The molecule has 3 rings (SSSR count). The zero-order chi connectivity index (χ0) is 18.4. The lowest BCUT2D eigenvalue weighted by atomic mass is 10.1. The maximum Gasteiger partial charge on any atom is 0.321 e. The molecule has 3 amide bonds. The largest absolute Gasteiger partial charge is 0.366 e. The summed E-state index contributed by atoms with van der Waals surface area (Å²) >= 11 is 0. The first-order valence-electron chi connectivity index (χ1n) is 8.84. The molecule has 0 unspecified atom stereocenters. The van der Waals surface area contributed by atoms with Gasteiger partial charge in [0.15, 0.2) is 0 Å². The number of urea groups is 1. The van der Waals surface area contributed by atoms with Crippen molar-refractivity contribution in [3.05, 3.63) is 65.7 Å². The van der Waals surface area contributed by atoms with Crippen molar-refractivity contribution in [1.82, 2.24) is 9.80 Å². The second kappa shape index (κ2) is 8.49. The lowest BCUT2D eigenvalue weighted by Crippen LogP contribution is -2.50. The second-order valence-electron chi connectivity index (χ2n) is 6.44. The van der Waals surface area contributed by atoms with Gasteiger partial charge in [0, 0.05) is 44.0 Å². The van der Waals surface area contributed by atoms with E-state index in [0.29, 0.717) is 24.3 Å². The zero-order valence-electron chi connectivity index (χ0n) is 14.7. The van der Waals surface area contributed by atoms with Crippen molar-refractivity contribution in [3.8, 4) is 0 Å². The number of rotatable bonds is 5. The van der Waals surface area contributed by atoms with E-state index in [4.69, 9.17) is 5.73 Å². The molecular weight excluding hydrogens is 328 g/mol. The Morgan fingerprint density at radius 3 is 2.19 bits per heavy atom. The Hall–Kier alpha value is -2.86. The molecule has 2 aromatic carbocycles. The van der Waals surface area contributed by atoms with Gasteiger partial charge in [-0.1, -0.05) is 30.3 Å². The smallest absolute Gasteiger partial charge is 0.321 e. The van der Waals surface area contributed by atoms with Gasteiger partial charge in [0.05, 0.1) is 0 Å². The van der Waals surface area contributed by atoms with Gasteiger partial charge in [0.1, 0.15) is 0 Å². The molecule has 1 heterocycles. The van der Waals surface area contributed by atoms with Gasteiger partial charge in [-0.15, -0.1) is 0 Å². The maximum absolute atomic E-state index is 12.4. The quantitative estimate of drug-likeness (QED) is 0.866. The molecule has 1 fully saturated rings. The van der Waals surface area contributed by atoms with Gasteiger partial charge in [-0.3, -0.25) is 9.69 Å². The van der Waals surface area contributed by atoms with Crippen LogP contribution in [0.2, 0.25) is 0 Å². The van der Waals surface area contributed by atoms with E-state index in [1.54, 1.807) is 24.3 Å². The lowest BCUT2D eigenvalue weighted by molar-refractivity contribution is 0.100. The summed E-state index contributed by atoms with van der Waals surface area (Å²) in [6, 6.07) is 16.9. The number of carbonyl (C=O) groups is 2. The fourth-order valence-corrected chi connectivity index (χ4v) is 3.03. The predicted octanol–water partition coefficient (Wildman–Crippen LogP) is 2.18. The molecule has 3 N–H and O–H groups in total. The van der Waals surface area contributed by atoms with Gasteiger partial charge < -0.3 is 16.0 Å². The molecule has 0 bridgehead atoms. The van der Waals surface area contributed by atoms with Gasteiger partial charge in [0.25, 0.3) is 0 Å². The summed E-state index contributed by atoms with van der Waals surface area (Å²) in [5.41, 5.74) is 7.64. The van der Waals surface area contributed by atoms with Crippen molar-refractivity contribution in [2.24, 2.45) is 5.73 Å². The van der Waals surface area contributed by atoms with Crippen LogP contribution in [0.1, 0.15) is 15.9 Å². The highest BCUT2D eigenvalue weighted by Gasteiger charge is 2.20. The van der Waals surface area contributed by atoms with Crippen molar-refractivity contribution in [1.29, 1.82) is 0 Å². The third kappa shape index (κ3) is 4.83. The number of benzene rings is 2. The van der Waals surface area contributed by atoms with Gasteiger partial charge in [-0.05, 0) is 36.2 Å². The van der Waals surface area contributed by atoms with Gasteiger partial charge >= 0.3 is 6.03 Å². The number of hydrogen-bond acceptors (Lipinski definition) is 3. The number of nitrogens with one attached hydrogen (secondary N) is 1. The first kappa shape index (κ1) is 17.9. The number of piperazine rings is 1. The molecule has 6 nitrogen and oxygen atoms in total. The van der Waals surface area contributed by atoms with Gasteiger partial charge in [0.2, 0.25) is 5.91 Å². The number of carbonyl (C=O) groups excluding carboxylic acids is 2. The van der Waals surface area contributed by atoms with Crippen LogP contribution in [-0.4, -0.2) is 54.5 Å². The molecule has 2 aromatic rings. The van der Waals surface area contributed by atoms with Crippen LogP contribution in [-0.2, 0) is 6.42 Å². The first-order chi connectivity index (χ1) is 12.6. The summed E-state index contributed by atoms with van der Waals surface area (Å²) in [6.07, 6.45) is 1.03. The third-order valence-electron chi connectivity index (χ3n) is 4.64. The SMILES string of the molecule is NC(=O)c1ccc(NC(=O)N2CCN(CCc3ccccc3)CC2)cc1. The Labute approximate surface area is 153 Å². The highest BCUT2D eigenvalue weighted by molar-refractivity contribution is 5.94. The number of nitrogens with two attached hydrogens (primary N) is 1. The molecule has 0 saturated carbocycles. The van der Waals surface area contributed by atoms with Crippen LogP contribution in [0.5, 0.6) is 0 Å². The van der Waals surface area contributed by atoms with E-state index in [1.165, 1.54) is 5.56 Å². The van der Waals surface area contributed by atoms with E-state index in [-0.39, 0.29) is 6.03 Å². The number of anilines is 1. The minimum absolute atomic E-state index is 0.112. The van der Waals surface area contributed by atoms with Gasteiger partial charge in [-0.25, -0.2) is 4.79 Å². The molecule has 136 valence electrons. The Kier molecular flexibility index (Phi) is 5.86. The average molecular weight is 352 g/mol. The summed E-state index contributed by atoms with van der Waals surface area (Å²) < 4.78 is 0.